The van der Waals surface area contributed by atoms with Crippen LogP contribution in [0.3, 0.4) is 0 Å². The van der Waals surface area contributed by atoms with Crippen LogP contribution in [0.1, 0.15) is 46.6 Å². The summed E-state index contributed by atoms with van der Waals surface area (Å²) in [7, 11) is 0. The van der Waals surface area contributed by atoms with Gasteiger partial charge in [0, 0.05) is 6.54 Å². The van der Waals surface area contributed by atoms with Crippen molar-refractivity contribution in [2.24, 2.45) is 16.8 Å². The lowest BCUT2D eigenvalue weighted by Gasteiger charge is -2.24. The summed E-state index contributed by atoms with van der Waals surface area (Å²) in [6.45, 7) is 9.11. The normalized spacial score (nSPS) is 13.0. The van der Waals surface area contributed by atoms with E-state index < -0.39 is 23.6 Å². The fraction of sp³-hybridized carbons (Fsp3) is 0.550. The van der Waals surface area contributed by atoms with Crippen LogP contribution in [0.4, 0.5) is 9.18 Å². The molecule has 0 saturated carbocycles. The minimum atomic E-state index is -0.641. The van der Waals surface area contributed by atoms with Crippen molar-refractivity contribution in [3.63, 3.8) is 0 Å². The fourth-order valence-corrected chi connectivity index (χ4v) is 2.26. The van der Waals surface area contributed by atoms with Gasteiger partial charge in [-0.2, -0.15) is 0 Å². The van der Waals surface area contributed by atoms with Crippen LogP contribution in [-0.4, -0.2) is 36.1 Å². The molecular weight excluding hydrogens is 379 g/mol. The van der Waals surface area contributed by atoms with Gasteiger partial charge < -0.3 is 25.9 Å². The molecule has 0 aliphatic heterocycles. The van der Waals surface area contributed by atoms with Gasteiger partial charge in [0.05, 0.1) is 6.04 Å². The highest BCUT2D eigenvalue weighted by molar-refractivity contribution is 5.88. The second kappa shape index (κ2) is 11.2. The first kappa shape index (κ1) is 24.2. The summed E-state index contributed by atoms with van der Waals surface area (Å²) in [4.78, 5) is 28.9. The van der Waals surface area contributed by atoms with Gasteiger partial charge in [0.15, 0.2) is 12.4 Å². The quantitative estimate of drug-likeness (QED) is 0.329. The number of halogens is 1. The molecule has 1 unspecified atom stereocenters. The van der Waals surface area contributed by atoms with Gasteiger partial charge in [0.1, 0.15) is 11.4 Å². The lowest BCUT2D eigenvalue weighted by molar-refractivity contribution is -0.125. The summed E-state index contributed by atoms with van der Waals surface area (Å²) in [5.74, 6) is -0.492. The highest BCUT2D eigenvalue weighted by atomic mass is 19.1. The number of nitrogens with two attached hydrogens (primary N) is 1. The molecule has 162 valence electrons. The standard InChI is InChI=1S/C20H31FN4O4/c1-13(2)10-16(24-19(27)29-20(3,4)5)18(22)25-28-12-17(26)23-11-14-6-8-15(21)9-7-14/h6-9,13,16H,10-12H2,1-5H3,(H2,22,25)(H,23,26)(H,24,27). The van der Waals surface area contributed by atoms with Crippen molar-refractivity contribution in [3.05, 3.63) is 35.6 Å². The molecule has 2 amide bonds. The molecule has 0 aliphatic carbocycles. The van der Waals surface area contributed by atoms with E-state index >= 15 is 0 Å². The van der Waals surface area contributed by atoms with Crippen LogP contribution in [0.5, 0.6) is 0 Å². The number of amides is 2. The van der Waals surface area contributed by atoms with Crippen LogP contribution in [0.25, 0.3) is 0 Å². The summed E-state index contributed by atoms with van der Waals surface area (Å²) in [6, 6.07) is 5.19. The van der Waals surface area contributed by atoms with E-state index in [9.17, 15) is 14.0 Å². The number of carbonyl (C=O) groups is 2. The Labute approximate surface area is 171 Å². The average molecular weight is 410 g/mol. The van der Waals surface area contributed by atoms with Gasteiger partial charge >= 0.3 is 6.09 Å². The van der Waals surface area contributed by atoms with Crippen molar-refractivity contribution in [3.8, 4) is 0 Å². The molecule has 1 aromatic carbocycles. The van der Waals surface area contributed by atoms with Crippen molar-refractivity contribution in [2.75, 3.05) is 6.61 Å². The Bertz CT molecular complexity index is 699. The van der Waals surface area contributed by atoms with Crippen LogP contribution >= 0.6 is 0 Å². The van der Waals surface area contributed by atoms with Crippen molar-refractivity contribution < 1.29 is 23.6 Å². The van der Waals surface area contributed by atoms with Crippen molar-refractivity contribution in [1.82, 2.24) is 10.6 Å². The zero-order valence-corrected chi connectivity index (χ0v) is 17.6. The fourth-order valence-electron chi connectivity index (χ4n) is 2.26. The smallest absolute Gasteiger partial charge is 0.408 e. The zero-order valence-electron chi connectivity index (χ0n) is 17.6. The van der Waals surface area contributed by atoms with Crippen molar-refractivity contribution in [1.29, 1.82) is 0 Å². The number of nitrogens with one attached hydrogen (secondary N) is 2. The minimum absolute atomic E-state index is 0.0379. The number of ether oxygens (including phenoxy) is 1. The molecule has 0 saturated heterocycles. The molecule has 1 atom stereocenters. The first-order valence-corrected chi connectivity index (χ1v) is 9.42. The second-order valence-corrected chi connectivity index (χ2v) is 8.02. The number of hydrogen-bond donors (Lipinski definition) is 3. The van der Waals surface area contributed by atoms with Crippen LogP contribution in [0.2, 0.25) is 0 Å². The number of hydrogen-bond acceptors (Lipinski definition) is 5. The lowest BCUT2D eigenvalue weighted by atomic mass is 10.0. The third-order valence-corrected chi connectivity index (χ3v) is 3.52. The largest absolute Gasteiger partial charge is 0.444 e. The summed E-state index contributed by atoms with van der Waals surface area (Å²) in [5.41, 5.74) is 6.04. The predicted molar refractivity (Wildman–Crippen MR) is 108 cm³/mol. The molecule has 0 aromatic heterocycles. The Kier molecular flexibility index (Phi) is 9.37. The van der Waals surface area contributed by atoms with Crippen molar-refractivity contribution in [2.45, 2.75) is 59.2 Å². The number of alkyl carbamates (subject to hydrolysis) is 1. The Balaban J connectivity index is 2.53. The number of carbonyl (C=O) groups excluding carboxylic acids is 2. The molecule has 0 fully saturated rings. The molecule has 9 heteroatoms. The lowest BCUT2D eigenvalue weighted by Crippen LogP contribution is -2.47. The van der Waals surface area contributed by atoms with Crippen LogP contribution in [0, 0.1) is 11.7 Å². The molecule has 1 aromatic rings. The molecule has 0 heterocycles. The third-order valence-electron chi connectivity index (χ3n) is 3.52. The highest BCUT2D eigenvalue weighted by Crippen LogP contribution is 2.10. The molecule has 4 N–H and O–H groups in total. The number of amidine groups is 1. The molecule has 29 heavy (non-hydrogen) atoms. The molecule has 0 radical (unpaired) electrons. The topological polar surface area (TPSA) is 115 Å². The second-order valence-electron chi connectivity index (χ2n) is 8.02. The van der Waals surface area contributed by atoms with E-state index in [2.05, 4.69) is 15.8 Å². The van der Waals surface area contributed by atoms with Crippen molar-refractivity contribution >= 4 is 17.8 Å². The van der Waals surface area contributed by atoms with Gasteiger partial charge in [-0.1, -0.05) is 31.1 Å². The first-order chi connectivity index (χ1) is 13.5. The van der Waals surface area contributed by atoms with Gasteiger partial charge in [-0.15, -0.1) is 0 Å². The maximum Gasteiger partial charge on any atom is 0.408 e. The van der Waals surface area contributed by atoms with Crippen LogP contribution in [0.15, 0.2) is 29.4 Å². The Morgan fingerprint density at radius 2 is 1.83 bits per heavy atom. The van der Waals surface area contributed by atoms with Gasteiger partial charge in [-0.05, 0) is 50.8 Å². The number of rotatable bonds is 9. The maximum absolute atomic E-state index is 12.9. The zero-order chi connectivity index (χ0) is 22.0. The SMILES string of the molecule is CC(C)CC(NC(=O)OC(C)(C)C)/C(N)=N/OCC(=O)NCc1ccc(F)cc1. The molecule has 1 rings (SSSR count). The molecule has 0 aliphatic rings. The summed E-state index contributed by atoms with van der Waals surface area (Å²) in [5, 5.41) is 9.04. The Morgan fingerprint density at radius 3 is 2.38 bits per heavy atom. The minimum Gasteiger partial charge on any atom is -0.444 e. The predicted octanol–water partition coefficient (Wildman–Crippen LogP) is 2.67. The van der Waals surface area contributed by atoms with E-state index in [1.54, 1.807) is 32.9 Å². The molecule has 0 spiro atoms. The van der Waals surface area contributed by atoms with Gasteiger partial charge in [-0.25, -0.2) is 9.18 Å². The summed E-state index contributed by atoms with van der Waals surface area (Å²) < 4.78 is 18.1. The Hall–Kier alpha value is -2.84. The van der Waals surface area contributed by atoms with E-state index in [1.807, 2.05) is 13.8 Å². The van der Waals surface area contributed by atoms with E-state index in [-0.39, 0.29) is 30.7 Å². The van der Waals surface area contributed by atoms with E-state index in [0.717, 1.165) is 5.56 Å². The van der Waals surface area contributed by atoms with Crippen LogP contribution < -0.4 is 16.4 Å². The molecule has 0 bridgehead atoms. The van der Waals surface area contributed by atoms with Gasteiger partial charge in [0.2, 0.25) is 0 Å². The van der Waals surface area contributed by atoms with Gasteiger partial charge in [-0.3, -0.25) is 4.79 Å². The first-order valence-electron chi connectivity index (χ1n) is 9.42. The maximum atomic E-state index is 12.9. The summed E-state index contributed by atoms with van der Waals surface area (Å²) >= 11 is 0. The monoisotopic (exact) mass is 410 g/mol. The summed E-state index contributed by atoms with van der Waals surface area (Å²) in [6.07, 6.45) is -0.0901. The number of oxime groups is 1. The number of nitrogens with zero attached hydrogens (tertiary/aromatic N) is 1. The van der Waals surface area contributed by atoms with E-state index in [1.165, 1.54) is 12.1 Å². The molecule has 8 nitrogen and oxygen atoms in total. The molecular formula is C20H31FN4O4. The van der Waals surface area contributed by atoms with E-state index in [0.29, 0.717) is 6.42 Å². The van der Waals surface area contributed by atoms with E-state index in [4.69, 9.17) is 15.3 Å². The highest BCUT2D eigenvalue weighted by Gasteiger charge is 2.23. The van der Waals surface area contributed by atoms with Gasteiger partial charge in [0.25, 0.3) is 5.91 Å². The third kappa shape index (κ3) is 10.9. The number of benzene rings is 1. The van der Waals surface area contributed by atoms with Crippen LogP contribution in [-0.2, 0) is 20.9 Å². The average Bonchev–Trinajstić information content (AvgIpc) is 2.58. The Morgan fingerprint density at radius 1 is 1.21 bits per heavy atom.